The molecule has 6 heteroatoms. The smallest absolute Gasteiger partial charge is 0.235 e. The molecule has 19 heavy (non-hydrogen) atoms. The molecular formula is C13H20Cl2N2OS. The van der Waals surface area contributed by atoms with Crippen molar-refractivity contribution in [3.63, 3.8) is 0 Å². The zero-order valence-electron chi connectivity index (χ0n) is 11.3. The highest BCUT2D eigenvalue weighted by Gasteiger charge is 2.22. The van der Waals surface area contributed by atoms with Gasteiger partial charge in [0, 0.05) is 24.5 Å². The minimum absolute atomic E-state index is 0. The van der Waals surface area contributed by atoms with E-state index in [1.807, 2.05) is 38.1 Å². The fourth-order valence-electron chi connectivity index (χ4n) is 1.44. The first-order chi connectivity index (χ1) is 8.47. The van der Waals surface area contributed by atoms with E-state index in [-0.39, 0.29) is 29.6 Å². The van der Waals surface area contributed by atoms with Crippen LogP contribution in [0, 0.1) is 0 Å². The third kappa shape index (κ3) is 5.22. The molecule has 108 valence electrons. The van der Waals surface area contributed by atoms with Crippen molar-refractivity contribution in [3.8, 4) is 0 Å². The molecule has 1 aromatic rings. The normalized spacial score (nSPS) is 13.3. The SMILES string of the molecule is CC(Sc1ccccc1Cl)C(=O)N(C)C(C)CN.Cl. The lowest BCUT2D eigenvalue weighted by Gasteiger charge is -2.26. The van der Waals surface area contributed by atoms with Crippen molar-refractivity contribution in [1.82, 2.24) is 4.90 Å². The van der Waals surface area contributed by atoms with Crippen LogP contribution in [0.15, 0.2) is 29.2 Å². The molecule has 1 rings (SSSR count). The fraction of sp³-hybridized carbons (Fsp3) is 0.462. The van der Waals surface area contributed by atoms with Crippen LogP contribution < -0.4 is 5.73 Å². The lowest BCUT2D eigenvalue weighted by atomic mass is 10.3. The van der Waals surface area contributed by atoms with Gasteiger partial charge >= 0.3 is 0 Å². The Labute approximate surface area is 130 Å². The Morgan fingerprint density at radius 1 is 1.42 bits per heavy atom. The highest BCUT2D eigenvalue weighted by atomic mass is 35.5. The summed E-state index contributed by atoms with van der Waals surface area (Å²) in [7, 11) is 1.78. The molecule has 0 aliphatic rings. The van der Waals surface area contributed by atoms with Crippen molar-refractivity contribution < 1.29 is 4.79 Å². The number of nitrogens with zero attached hydrogens (tertiary/aromatic N) is 1. The van der Waals surface area contributed by atoms with Gasteiger partial charge in [0.25, 0.3) is 0 Å². The van der Waals surface area contributed by atoms with Gasteiger partial charge in [0.2, 0.25) is 5.91 Å². The van der Waals surface area contributed by atoms with Gasteiger partial charge in [-0.3, -0.25) is 4.79 Å². The molecule has 0 aliphatic carbocycles. The van der Waals surface area contributed by atoms with E-state index in [0.29, 0.717) is 11.6 Å². The number of likely N-dealkylation sites (N-methyl/N-ethyl adjacent to an activating group) is 1. The second kappa shape index (κ2) is 8.69. The standard InChI is InChI=1S/C13H19ClN2OS.ClH/c1-9(8-15)16(3)13(17)10(2)18-12-7-5-4-6-11(12)14;/h4-7,9-10H,8,15H2,1-3H3;1H. The van der Waals surface area contributed by atoms with E-state index >= 15 is 0 Å². The molecule has 0 saturated heterocycles. The first-order valence-electron chi connectivity index (χ1n) is 5.85. The van der Waals surface area contributed by atoms with Crippen molar-refractivity contribution in [2.45, 2.75) is 30.0 Å². The number of rotatable bonds is 5. The van der Waals surface area contributed by atoms with Gasteiger partial charge in [0.1, 0.15) is 0 Å². The van der Waals surface area contributed by atoms with Gasteiger partial charge in [0.15, 0.2) is 0 Å². The Morgan fingerprint density at radius 3 is 2.53 bits per heavy atom. The highest BCUT2D eigenvalue weighted by molar-refractivity contribution is 8.00. The number of halogens is 2. The Balaban J connectivity index is 0.00000324. The van der Waals surface area contributed by atoms with Crippen LogP contribution in [-0.4, -0.2) is 35.7 Å². The molecule has 0 fully saturated rings. The van der Waals surface area contributed by atoms with Gasteiger partial charge < -0.3 is 10.6 Å². The average Bonchev–Trinajstić information content (AvgIpc) is 2.38. The summed E-state index contributed by atoms with van der Waals surface area (Å²) < 4.78 is 0. The molecule has 0 heterocycles. The predicted octanol–water partition coefficient (Wildman–Crippen LogP) is 3.05. The summed E-state index contributed by atoms with van der Waals surface area (Å²) in [6.45, 7) is 4.28. The van der Waals surface area contributed by atoms with Crippen molar-refractivity contribution in [2.24, 2.45) is 5.73 Å². The molecule has 0 bridgehead atoms. The third-order valence-electron chi connectivity index (χ3n) is 2.84. The molecule has 2 unspecified atom stereocenters. The van der Waals surface area contributed by atoms with Crippen LogP contribution in [0.5, 0.6) is 0 Å². The van der Waals surface area contributed by atoms with Crippen LogP contribution in [0.4, 0.5) is 0 Å². The number of hydrogen-bond acceptors (Lipinski definition) is 3. The first kappa shape index (κ1) is 18.6. The fourth-order valence-corrected chi connectivity index (χ4v) is 2.70. The quantitative estimate of drug-likeness (QED) is 0.847. The number of benzene rings is 1. The van der Waals surface area contributed by atoms with Crippen LogP contribution in [0.25, 0.3) is 0 Å². The van der Waals surface area contributed by atoms with E-state index < -0.39 is 0 Å². The molecule has 2 atom stereocenters. The zero-order valence-corrected chi connectivity index (χ0v) is 13.7. The monoisotopic (exact) mass is 322 g/mol. The van der Waals surface area contributed by atoms with Crippen LogP contribution in [0.2, 0.25) is 5.02 Å². The number of carbonyl (C=O) groups excluding carboxylic acids is 1. The van der Waals surface area contributed by atoms with Gasteiger partial charge in [-0.2, -0.15) is 0 Å². The minimum atomic E-state index is -0.177. The van der Waals surface area contributed by atoms with E-state index in [1.165, 1.54) is 11.8 Å². The summed E-state index contributed by atoms with van der Waals surface area (Å²) in [5.74, 6) is 0.0675. The van der Waals surface area contributed by atoms with E-state index in [9.17, 15) is 4.79 Å². The maximum atomic E-state index is 12.2. The number of carbonyl (C=O) groups is 1. The van der Waals surface area contributed by atoms with Gasteiger partial charge in [-0.25, -0.2) is 0 Å². The summed E-state index contributed by atoms with van der Waals surface area (Å²) in [4.78, 5) is 14.8. The van der Waals surface area contributed by atoms with E-state index in [0.717, 1.165) is 4.90 Å². The summed E-state index contributed by atoms with van der Waals surface area (Å²) in [5.41, 5.74) is 5.57. The summed E-state index contributed by atoms with van der Waals surface area (Å²) in [6, 6.07) is 7.59. The average molecular weight is 323 g/mol. The van der Waals surface area contributed by atoms with E-state index in [4.69, 9.17) is 17.3 Å². The minimum Gasteiger partial charge on any atom is -0.341 e. The first-order valence-corrected chi connectivity index (χ1v) is 7.11. The summed E-state index contributed by atoms with van der Waals surface area (Å²) in [6.07, 6.45) is 0. The van der Waals surface area contributed by atoms with E-state index in [1.54, 1.807) is 11.9 Å². The number of thioether (sulfide) groups is 1. The maximum Gasteiger partial charge on any atom is 0.235 e. The topological polar surface area (TPSA) is 46.3 Å². The Morgan fingerprint density at radius 2 is 2.00 bits per heavy atom. The van der Waals surface area contributed by atoms with Gasteiger partial charge in [-0.15, -0.1) is 24.2 Å². The van der Waals surface area contributed by atoms with Crippen LogP contribution in [0.3, 0.4) is 0 Å². The van der Waals surface area contributed by atoms with Crippen LogP contribution in [-0.2, 0) is 4.79 Å². The van der Waals surface area contributed by atoms with Crippen LogP contribution >= 0.6 is 35.8 Å². The van der Waals surface area contributed by atoms with Crippen molar-refractivity contribution in [3.05, 3.63) is 29.3 Å². The van der Waals surface area contributed by atoms with Gasteiger partial charge in [-0.1, -0.05) is 23.7 Å². The lowest BCUT2D eigenvalue weighted by Crippen LogP contribution is -2.43. The van der Waals surface area contributed by atoms with Gasteiger partial charge in [0.05, 0.1) is 10.3 Å². The molecule has 3 nitrogen and oxygen atoms in total. The van der Waals surface area contributed by atoms with Crippen LogP contribution in [0.1, 0.15) is 13.8 Å². The number of nitrogens with two attached hydrogens (primary N) is 1. The lowest BCUT2D eigenvalue weighted by molar-refractivity contribution is -0.130. The summed E-state index contributed by atoms with van der Waals surface area (Å²) in [5, 5.41) is 0.501. The molecule has 0 saturated carbocycles. The number of hydrogen-bond donors (Lipinski definition) is 1. The second-order valence-corrected chi connectivity index (χ2v) is 6.01. The van der Waals surface area contributed by atoms with Crippen molar-refractivity contribution >= 4 is 41.7 Å². The molecule has 0 spiro atoms. The molecule has 0 radical (unpaired) electrons. The molecule has 1 amide bonds. The molecule has 0 aliphatic heterocycles. The predicted molar refractivity (Wildman–Crippen MR) is 85.3 cm³/mol. The molecule has 0 aromatic heterocycles. The summed E-state index contributed by atoms with van der Waals surface area (Å²) >= 11 is 7.55. The number of amides is 1. The van der Waals surface area contributed by atoms with Gasteiger partial charge in [-0.05, 0) is 26.0 Å². The largest absolute Gasteiger partial charge is 0.341 e. The zero-order chi connectivity index (χ0) is 13.7. The Hall–Kier alpha value is -0.420. The van der Waals surface area contributed by atoms with Crippen molar-refractivity contribution in [1.29, 1.82) is 0 Å². The second-order valence-electron chi connectivity index (χ2n) is 4.22. The molecule has 1 aromatic carbocycles. The third-order valence-corrected chi connectivity index (χ3v) is 4.44. The Kier molecular flexibility index (Phi) is 8.50. The maximum absolute atomic E-state index is 12.2. The molecular weight excluding hydrogens is 303 g/mol. The highest BCUT2D eigenvalue weighted by Crippen LogP contribution is 2.30. The van der Waals surface area contributed by atoms with E-state index in [2.05, 4.69) is 0 Å². The van der Waals surface area contributed by atoms with Crippen molar-refractivity contribution in [2.75, 3.05) is 13.6 Å². The Bertz CT molecular complexity index is 417. The molecule has 2 N–H and O–H groups in total.